The quantitative estimate of drug-likeness (QED) is 0.609. The lowest BCUT2D eigenvalue weighted by Gasteiger charge is -2.09. The maximum Gasteiger partial charge on any atom is 0.328 e. The molecule has 1 amide bonds. The van der Waals surface area contributed by atoms with E-state index < -0.39 is 17.9 Å². The minimum absolute atomic E-state index is 0.110. The van der Waals surface area contributed by atoms with E-state index in [1.54, 1.807) is 29.8 Å². The molecule has 0 aliphatic heterocycles. The molecule has 0 aliphatic carbocycles. The van der Waals surface area contributed by atoms with E-state index in [4.69, 9.17) is 28.3 Å². The van der Waals surface area contributed by atoms with Crippen molar-refractivity contribution in [1.82, 2.24) is 19.6 Å². The largest absolute Gasteiger partial charge is 0.480 e. The minimum atomic E-state index is -1.04. The average molecular weight is 436 g/mol. The van der Waals surface area contributed by atoms with Crippen LogP contribution in [0.5, 0.6) is 0 Å². The number of hydrogen-bond acceptors (Lipinski definition) is 4. The molecule has 0 spiro atoms. The Bertz CT molecular complexity index is 1070. The first kappa shape index (κ1) is 20.9. The predicted molar refractivity (Wildman–Crippen MR) is 110 cm³/mol. The van der Waals surface area contributed by atoms with E-state index in [2.05, 4.69) is 15.5 Å². The number of aryl methyl sites for hydroxylation is 1. The molecule has 3 aromatic rings. The third-order valence-electron chi connectivity index (χ3n) is 4.58. The highest BCUT2D eigenvalue weighted by atomic mass is 35.5. The summed E-state index contributed by atoms with van der Waals surface area (Å²) in [6.45, 7) is 5.44. The fourth-order valence-corrected chi connectivity index (χ4v) is 3.35. The third-order valence-corrected chi connectivity index (χ3v) is 5.29. The van der Waals surface area contributed by atoms with Crippen molar-refractivity contribution >= 4 is 40.8 Å². The van der Waals surface area contributed by atoms with Gasteiger partial charge in [0.2, 0.25) is 0 Å². The van der Waals surface area contributed by atoms with Crippen LogP contribution >= 0.6 is 23.2 Å². The molecular formula is C19H19Cl2N5O3. The summed E-state index contributed by atoms with van der Waals surface area (Å²) in [4.78, 5) is 23.7. The average Bonchev–Trinajstić information content (AvgIpc) is 3.25. The molecule has 1 atom stereocenters. The number of rotatable bonds is 6. The lowest BCUT2D eigenvalue weighted by molar-refractivity contribution is -0.140. The molecule has 0 bridgehead atoms. The molecule has 3 rings (SSSR count). The van der Waals surface area contributed by atoms with Crippen LogP contribution in [0.2, 0.25) is 10.0 Å². The normalized spacial score (nSPS) is 12.0. The fourth-order valence-electron chi connectivity index (χ4n) is 2.83. The standard InChI is InChI=1S/C19H19Cl2N5O3/c1-10-17(22-18(27)16-7-8-25(24-16)12(3)19(28)29)11(2)26(23-10)9-13-14(20)5-4-6-15(13)21/h4-8,12H,9H2,1-3H3,(H,22,27)(H,28,29). The topological polar surface area (TPSA) is 102 Å². The molecule has 1 aromatic carbocycles. The van der Waals surface area contributed by atoms with Gasteiger partial charge in [-0.15, -0.1) is 0 Å². The fraction of sp³-hybridized carbons (Fsp3) is 0.263. The molecule has 8 nitrogen and oxygen atoms in total. The summed E-state index contributed by atoms with van der Waals surface area (Å²) in [5.74, 6) is -1.49. The number of halogens is 2. The number of carboxylic acid groups (broad SMARTS) is 1. The molecule has 0 saturated heterocycles. The van der Waals surface area contributed by atoms with Crippen molar-refractivity contribution in [3.63, 3.8) is 0 Å². The summed E-state index contributed by atoms with van der Waals surface area (Å²) < 4.78 is 2.93. The summed E-state index contributed by atoms with van der Waals surface area (Å²) in [6, 6.07) is 5.87. The van der Waals surface area contributed by atoms with E-state index in [1.807, 2.05) is 6.92 Å². The van der Waals surface area contributed by atoms with Crippen molar-refractivity contribution < 1.29 is 14.7 Å². The zero-order valence-electron chi connectivity index (χ0n) is 16.0. The van der Waals surface area contributed by atoms with Gasteiger partial charge in [-0.2, -0.15) is 10.2 Å². The monoisotopic (exact) mass is 435 g/mol. The van der Waals surface area contributed by atoms with Crippen molar-refractivity contribution in [3.8, 4) is 0 Å². The van der Waals surface area contributed by atoms with E-state index in [-0.39, 0.29) is 5.69 Å². The van der Waals surface area contributed by atoms with Crippen molar-refractivity contribution in [3.05, 3.63) is 63.2 Å². The number of carbonyl (C=O) groups excluding carboxylic acids is 1. The molecule has 2 aromatic heterocycles. The van der Waals surface area contributed by atoms with Gasteiger partial charge in [0.05, 0.1) is 23.6 Å². The second kappa shape index (κ2) is 8.26. The van der Waals surface area contributed by atoms with Crippen LogP contribution in [0, 0.1) is 13.8 Å². The smallest absolute Gasteiger partial charge is 0.328 e. The molecule has 0 aliphatic rings. The number of nitrogens with one attached hydrogen (secondary N) is 1. The predicted octanol–water partition coefficient (Wildman–Crippen LogP) is 3.95. The first-order valence-corrected chi connectivity index (χ1v) is 9.50. The number of benzene rings is 1. The van der Waals surface area contributed by atoms with E-state index >= 15 is 0 Å². The van der Waals surface area contributed by atoms with E-state index in [0.29, 0.717) is 28.0 Å². The first-order chi connectivity index (χ1) is 13.7. The van der Waals surface area contributed by atoms with E-state index in [1.165, 1.54) is 23.9 Å². The van der Waals surface area contributed by atoms with Gasteiger partial charge in [0, 0.05) is 21.8 Å². The highest BCUT2D eigenvalue weighted by Crippen LogP contribution is 2.27. The number of carboxylic acids is 1. The van der Waals surface area contributed by atoms with E-state index in [9.17, 15) is 9.59 Å². The van der Waals surface area contributed by atoms with Gasteiger partial charge in [0.15, 0.2) is 5.69 Å². The van der Waals surface area contributed by atoms with Crippen LogP contribution in [-0.2, 0) is 11.3 Å². The Kier molecular flexibility index (Phi) is 5.95. The summed E-state index contributed by atoms with van der Waals surface area (Å²) in [6.07, 6.45) is 1.45. The van der Waals surface area contributed by atoms with Gasteiger partial charge in [0.25, 0.3) is 5.91 Å². The molecule has 29 heavy (non-hydrogen) atoms. The van der Waals surface area contributed by atoms with Gasteiger partial charge in [-0.3, -0.25) is 14.2 Å². The second-order valence-electron chi connectivity index (χ2n) is 6.55. The Morgan fingerprint density at radius 2 is 1.83 bits per heavy atom. The molecule has 0 saturated carbocycles. The molecular weight excluding hydrogens is 417 g/mol. The number of hydrogen-bond donors (Lipinski definition) is 2. The van der Waals surface area contributed by atoms with Crippen LogP contribution in [0.4, 0.5) is 5.69 Å². The lowest BCUT2D eigenvalue weighted by atomic mass is 10.2. The van der Waals surface area contributed by atoms with Crippen LogP contribution in [0.25, 0.3) is 0 Å². The van der Waals surface area contributed by atoms with Crippen molar-refractivity contribution in [1.29, 1.82) is 0 Å². The number of aromatic nitrogens is 4. The van der Waals surface area contributed by atoms with Crippen LogP contribution in [0.3, 0.4) is 0 Å². The van der Waals surface area contributed by atoms with Gasteiger partial charge in [0.1, 0.15) is 6.04 Å². The highest BCUT2D eigenvalue weighted by Gasteiger charge is 2.20. The SMILES string of the molecule is Cc1nn(Cc2c(Cl)cccc2Cl)c(C)c1NC(=O)c1ccn(C(C)C(=O)O)n1. The summed E-state index contributed by atoms with van der Waals surface area (Å²) >= 11 is 12.5. The number of aliphatic carboxylic acids is 1. The third kappa shape index (κ3) is 4.28. The van der Waals surface area contributed by atoms with Crippen LogP contribution in [0.15, 0.2) is 30.5 Å². The second-order valence-corrected chi connectivity index (χ2v) is 7.37. The minimum Gasteiger partial charge on any atom is -0.480 e. The lowest BCUT2D eigenvalue weighted by Crippen LogP contribution is -2.18. The number of anilines is 1. The molecule has 2 N–H and O–H groups in total. The summed E-state index contributed by atoms with van der Waals surface area (Å²) in [5, 5.41) is 21.5. The molecule has 0 radical (unpaired) electrons. The van der Waals surface area contributed by atoms with Crippen LogP contribution in [0.1, 0.15) is 40.4 Å². The van der Waals surface area contributed by atoms with E-state index in [0.717, 1.165) is 11.3 Å². The Morgan fingerprint density at radius 1 is 1.17 bits per heavy atom. The van der Waals surface area contributed by atoms with Crippen molar-refractivity contribution in [2.45, 2.75) is 33.4 Å². The molecule has 2 heterocycles. The van der Waals surface area contributed by atoms with Gasteiger partial charge in [-0.25, -0.2) is 4.79 Å². The number of amides is 1. The maximum atomic E-state index is 12.6. The summed E-state index contributed by atoms with van der Waals surface area (Å²) in [5.41, 5.74) is 2.75. The van der Waals surface area contributed by atoms with Gasteiger partial charge in [-0.1, -0.05) is 29.3 Å². The number of carbonyl (C=O) groups is 2. The highest BCUT2D eigenvalue weighted by molar-refractivity contribution is 6.36. The Balaban J connectivity index is 1.82. The summed E-state index contributed by atoms with van der Waals surface area (Å²) in [7, 11) is 0. The zero-order valence-corrected chi connectivity index (χ0v) is 17.5. The van der Waals surface area contributed by atoms with Crippen molar-refractivity contribution in [2.75, 3.05) is 5.32 Å². The van der Waals surface area contributed by atoms with Crippen LogP contribution in [-0.4, -0.2) is 36.5 Å². The maximum absolute atomic E-state index is 12.6. The van der Waals surface area contributed by atoms with Gasteiger partial charge >= 0.3 is 5.97 Å². The zero-order chi connectivity index (χ0) is 21.3. The Hall–Kier alpha value is -2.84. The molecule has 0 fully saturated rings. The van der Waals surface area contributed by atoms with Gasteiger partial charge < -0.3 is 10.4 Å². The van der Waals surface area contributed by atoms with Gasteiger partial charge in [-0.05, 0) is 39.0 Å². The molecule has 152 valence electrons. The van der Waals surface area contributed by atoms with Crippen LogP contribution < -0.4 is 5.32 Å². The molecule has 10 heteroatoms. The number of nitrogens with zero attached hydrogens (tertiary/aromatic N) is 4. The van der Waals surface area contributed by atoms with Crippen molar-refractivity contribution in [2.24, 2.45) is 0 Å². The first-order valence-electron chi connectivity index (χ1n) is 8.75. The Morgan fingerprint density at radius 3 is 2.45 bits per heavy atom. The molecule has 1 unspecified atom stereocenters. The Labute approximate surface area is 177 Å².